The largest absolute Gasteiger partial charge is 0.495 e. The van der Waals surface area contributed by atoms with Crippen molar-refractivity contribution in [3.63, 3.8) is 0 Å². The molecule has 0 amide bonds. The number of nitrogens with one attached hydrogen (secondary N) is 1. The first-order valence-electron chi connectivity index (χ1n) is 6.06. The minimum atomic E-state index is -0.236. The second-order valence-electron chi connectivity index (χ2n) is 4.14. The molecule has 1 heterocycles. The van der Waals surface area contributed by atoms with Crippen molar-refractivity contribution in [3.05, 3.63) is 54.1 Å². The summed E-state index contributed by atoms with van der Waals surface area (Å²) in [5.41, 5.74) is 3.71. The van der Waals surface area contributed by atoms with Crippen molar-refractivity contribution < 1.29 is 9.13 Å². The van der Waals surface area contributed by atoms with Crippen LogP contribution in [0.25, 0.3) is 0 Å². The van der Waals surface area contributed by atoms with E-state index in [2.05, 4.69) is 10.4 Å². The molecular weight excluding hydrogens is 277 g/mol. The van der Waals surface area contributed by atoms with Gasteiger partial charge in [-0.15, -0.1) is 11.8 Å². The Kier molecular flexibility index (Phi) is 5.34. The summed E-state index contributed by atoms with van der Waals surface area (Å²) in [6, 6.07) is 8.21. The Balaban J connectivity index is 2.03. The predicted molar refractivity (Wildman–Crippen MR) is 78.0 cm³/mol. The van der Waals surface area contributed by atoms with E-state index in [1.54, 1.807) is 43.4 Å². The van der Waals surface area contributed by atoms with Gasteiger partial charge in [0.05, 0.1) is 19.3 Å². The fraction of sp³-hybridized carbons (Fsp3) is 0.214. The third kappa shape index (κ3) is 3.93. The maximum absolute atomic E-state index is 12.8. The molecule has 1 atom stereocenters. The lowest BCUT2D eigenvalue weighted by Crippen LogP contribution is -2.29. The molecule has 1 aromatic heterocycles. The normalized spacial score (nSPS) is 12.2. The van der Waals surface area contributed by atoms with Crippen molar-refractivity contribution in [2.75, 3.05) is 12.9 Å². The monoisotopic (exact) mass is 293 g/mol. The highest BCUT2D eigenvalue weighted by Gasteiger charge is 2.11. The summed E-state index contributed by atoms with van der Waals surface area (Å²) >= 11 is 1.59. The molecule has 1 unspecified atom stereocenters. The number of aromatic nitrogens is 1. The van der Waals surface area contributed by atoms with E-state index in [1.807, 2.05) is 6.07 Å². The van der Waals surface area contributed by atoms with E-state index in [9.17, 15) is 4.39 Å². The first-order chi connectivity index (χ1) is 9.72. The van der Waals surface area contributed by atoms with Crippen molar-refractivity contribution in [2.24, 2.45) is 5.84 Å². The van der Waals surface area contributed by atoms with Crippen LogP contribution >= 0.6 is 11.8 Å². The Bertz CT molecular complexity index is 550. The molecule has 0 aliphatic rings. The van der Waals surface area contributed by atoms with Crippen LogP contribution in [-0.4, -0.2) is 17.8 Å². The smallest absolute Gasteiger partial charge is 0.137 e. The highest BCUT2D eigenvalue weighted by atomic mass is 32.2. The number of benzene rings is 1. The molecule has 0 saturated carbocycles. The van der Waals surface area contributed by atoms with Gasteiger partial charge < -0.3 is 4.74 Å². The zero-order valence-corrected chi connectivity index (χ0v) is 11.9. The van der Waals surface area contributed by atoms with E-state index in [0.717, 1.165) is 10.5 Å². The Morgan fingerprint density at radius 1 is 1.35 bits per heavy atom. The Hall–Kier alpha value is -1.63. The summed E-state index contributed by atoms with van der Waals surface area (Å²) in [5, 5.41) is 0. The number of halogens is 1. The van der Waals surface area contributed by atoms with Crippen LogP contribution in [0.4, 0.5) is 4.39 Å². The summed E-state index contributed by atoms with van der Waals surface area (Å²) in [6.07, 6.45) is 3.39. The van der Waals surface area contributed by atoms with E-state index < -0.39 is 0 Å². The van der Waals surface area contributed by atoms with E-state index in [0.29, 0.717) is 11.5 Å². The molecule has 0 radical (unpaired) electrons. The Morgan fingerprint density at radius 2 is 2.10 bits per heavy atom. The molecule has 0 aliphatic heterocycles. The molecule has 1 aromatic carbocycles. The maximum atomic E-state index is 12.8. The van der Waals surface area contributed by atoms with Crippen molar-refractivity contribution in [1.82, 2.24) is 10.4 Å². The Labute approximate surface area is 121 Å². The van der Waals surface area contributed by atoms with Crippen LogP contribution in [0.1, 0.15) is 11.6 Å². The molecule has 0 fully saturated rings. The standard InChI is InChI=1S/C14H16FN3OS/c1-19-12-6-10(7-17-8-12)14(18-16)9-20-13-4-2-11(15)3-5-13/h2-8,14,18H,9,16H2,1H3. The highest BCUT2D eigenvalue weighted by Crippen LogP contribution is 2.25. The first-order valence-corrected chi connectivity index (χ1v) is 7.05. The van der Waals surface area contributed by atoms with E-state index >= 15 is 0 Å². The number of rotatable bonds is 6. The van der Waals surface area contributed by atoms with Crippen LogP contribution in [0.15, 0.2) is 47.6 Å². The van der Waals surface area contributed by atoms with Gasteiger partial charge in [0.15, 0.2) is 0 Å². The zero-order chi connectivity index (χ0) is 14.4. The number of hydrogen-bond acceptors (Lipinski definition) is 5. The number of ether oxygens (including phenoxy) is 1. The first kappa shape index (κ1) is 14.8. The molecule has 6 heteroatoms. The van der Waals surface area contributed by atoms with Gasteiger partial charge in [-0.2, -0.15) is 0 Å². The maximum Gasteiger partial charge on any atom is 0.137 e. The topological polar surface area (TPSA) is 60.2 Å². The third-order valence-electron chi connectivity index (χ3n) is 2.80. The van der Waals surface area contributed by atoms with Gasteiger partial charge in [-0.3, -0.25) is 16.3 Å². The molecule has 0 spiro atoms. The van der Waals surface area contributed by atoms with Crippen LogP contribution in [0.2, 0.25) is 0 Å². The van der Waals surface area contributed by atoms with E-state index in [1.165, 1.54) is 12.1 Å². The summed E-state index contributed by atoms with van der Waals surface area (Å²) < 4.78 is 18.0. The lowest BCUT2D eigenvalue weighted by Gasteiger charge is -2.16. The Morgan fingerprint density at radius 3 is 2.75 bits per heavy atom. The minimum absolute atomic E-state index is 0.0624. The molecule has 2 rings (SSSR count). The van der Waals surface area contributed by atoms with Gasteiger partial charge in [-0.05, 0) is 35.9 Å². The van der Waals surface area contributed by atoms with Gasteiger partial charge in [-0.25, -0.2) is 4.39 Å². The number of nitrogens with zero attached hydrogens (tertiary/aromatic N) is 1. The van der Waals surface area contributed by atoms with Crippen LogP contribution in [0.3, 0.4) is 0 Å². The molecule has 20 heavy (non-hydrogen) atoms. The van der Waals surface area contributed by atoms with Gasteiger partial charge in [0, 0.05) is 16.8 Å². The van der Waals surface area contributed by atoms with Gasteiger partial charge in [0.1, 0.15) is 11.6 Å². The molecule has 0 aliphatic carbocycles. The minimum Gasteiger partial charge on any atom is -0.495 e. The fourth-order valence-corrected chi connectivity index (χ4v) is 2.67. The molecule has 2 aromatic rings. The number of thioether (sulfide) groups is 1. The van der Waals surface area contributed by atoms with Gasteiger partial charge in [-0.1, -0.05) is 0 Å². The lowest BCUT2D eigenvalue weighted by molar-refractivity contribution is 0.411. The molecule has 4 nitrogen and oxygen atoms in total. The molecule has 3 N–H and O–H groups in total. The molecular formula is C14H16FN3OS. The number of nitrogens with two attached hydrogens (primary N) is 1. The lowest BCUT2D eigenvalue weighted by atomic mass is 10.1. The SMILES string of the molecule is COc1cncc(C(CSc2ccc(F)cc2)NN)c1. The summed E-state index contributed by atoms with van der Waals surface area (Å²) in [4.78, 5) is 5.10. The summed E-state index contributed by atoms with van der Waals surface area (Å²) in [5.74, 6) is 6.75. The quantitative estimate of drug-likeness (QED) is 0.487. The van der Waals surface area contributed by atoms with Gasteiger partial charge >= 0.3 is 0 Å². The molecule has 106 valence electrons. The van der Waals surface area contributed by atoms with Crippen molar-refractivity contribution in [1.29, 1.82) is 0 Å². The third-order valence-corrected chi connectivity index (χ3v) is 3.91. The second kappa shape index (κ2) is 7.23. The van der Waals surface area contributed by atoms with Gasteiger partial charge in [0.2, 0.25) is 0 Å². The average Bonchev–Trinajstić information content (AvgIpc) is 2.50. The molecule has 0 bridgehead atoms. The van der Waals surface area contributed by atoms with Crippen LogP contribution in [0.5, 0.6) is 5.75 Å². The highest BCUT2D eigenvalue weighted by molar-refractivity contribution is 7.99. The van der Waals surface area contributed by atoms with Crippen LogP contribution < -0.4 is 16.0 Å². The second-order valence-corrected chi connectivity index (χ2v) is 5.24. The van der Waals surface area contributed by atoms with E-state index in [-0.39, 0.29) is 11.9 Å². The number of pyridine rings is 1. The number of hydrogen-bond donors (Lipinski definition) is 2. The summed E-state index contributed by atoms with van der Waals surface area (Å²) in [6.45, 7) is 0. The number of methoxy groups -OCH3 is 1. The van der Waals surface area contributed by atoms with Crippen LogP contribution in [-0.2, 0) is 0 Å². The predicted octanol–water partition coefficient (Wildman–Crippen LogP) is 2.53. The van der Waals surface area contributed by atoms with Crippen LogP contribution in [0, 0.1) is 5.82 Å². The average molecular weight is 293 g/mol. The van der Waals surface area contributed by atoms with Crippen molar-refractivity contribution >= 4 is 11.8 Å². The number of hydrazine groups is 1. The van der Waals surface area contributed by atoms with Gasteiger partial charge in [0.25, 0.3) is 0 Å². The summed E-state index contributed by atoms with van der Waals surface area (Å²) in [7, 11) is 1.60. The fourth-order valence-electron chi connectivity index (χ4n) is 1.69. The van der Waals surface area contributed by atoms with Crippen molar-refractivity contribution in [3.8, 4) is 5.75 Å². The van der Waals surface area contributed by atoms with E-state index in [4.69, 9.17) is 10.6 Å². The van der Waals surface area contributed by atoms with Crippen molar-refractivity contribution in [2.45, 2.75) is 10.9 Å². The zero-order valence-electron chi connectivity index (χ0n) is 11.0. The molecule has 0 saturated heterocycles.